The molecule has 1 heterocycles. The normalized spacial score (nSPS) is 25.1. The van der Waals surface area contributed by atoms with E-state index in [0.29, 0.717) is 6.54 Å². The van der Waals surface area contributed by atoms with E-state index in [1.807, 2.05) is 6.92 Å². The van der Waals surface area contributed by atoms with Gasteiger partial charge in [0.25, 0.3) is 0 Å². The molecule has 1 fully saturated rings. The lowest BCUT2D eigenvalue weighted by molar-refractivity contribution is 0.329. The van der Waals surface area contributed by atoms with Gasteiger partial charge in [-0.15, -0.1) is 0 Å². The van der Waals surface area contributed by atoms with E-state index in [9.17, 15) is 8.42 Å². The van der Waals surface area contributed by atoms with Crippen LogP contribution in [0.5, 0.6) is 0 Å². The molecule has 0 radical (unpaired) electrons. The average molecular weight is 234 g/mol. The summed E-state index contributed by atoms with van der Waals surface area (Å²) in [4.78, 5) is 0. The number of sulfonamides is 1. The van der Waals surface area contributed by atoms with Gasteiger partial charge >= 0.3 is 0 Å². The van der Waals surface area contributed by atoms with Crippen LogP contribution in [0.2, 0.25) is 0 Å². The molecule has 0 spiro atoms. The molecule has 0 bridgehead atoms. The third-order valence-corrected chi connectivity index (χ3v) is 4.83. The maximum Gasteiger partial charge on any atom is 0.215 e. The smallest absolute Gasteiger partial charge is 0.215 e. The molecule has 4 nitrogen and oxygen atoms in total. The van der Waals surface area contributed by atoms with Crippen LogP contribution in [0.1, 0.15) is 45.4 Å². The lowest BCUT2D eigenvalue weighted by Gasteiger charge is -2.25. The second-order valence-corrected chi connectivity index (χ2v) is 6.24. The predicted octanol–water partition coefficient (Wildman–Crippen LogP) is 1.28. The van der Waals surface area contributed by atoms with Crippen LogP contribution >= 0.6 is 0 Å². The number of nitrogens with two attached hydrogens (primary N) is 1. The van der Waals surface area contributed by atoms with Crippen molar-refractivity contribution in [3.8, 4) is 0 Å². The Morgan fingerprint density at radius 1 is 1.33 bits per heavy atom. The van der Waals surface area contributed by atoms with Crippen LogP contribution in [-0.2, 0) is 10.0 Å². The topological polar surface area (TPSA) is 63.4 Å². The molecule has 0 saturated carbocycles. The standard InChI is InChI=1S/C10H22N2O2S/c1-2-3-9-15(13,14)12-8-6-4-5-7-10(12)11/h10H,2-9,11H2,1H3. The summed E-state index contributed by atoms with van der Waals surface area (Å²) in [7, 11) is -3.11. The fourth-order valence-corrected chi connectivity index (χ4v) is 3.71. The third kappa shape index (κ3) is 3.74. The molecule has 0 aromatic heterocycles. The molecular formula is C10H22N2O2S. The Kier molecular flexibility index (Phi) is 5.02. The van der Waals surface area contributed by atoms with Gasteiger partial charge in [-0.05, 0) is 19.3 Å². The molecule has 90 valence electrons. The Hall–Kier alpha value is -0.130. The quantitative estimate of drug-likeness (QED) is 0.797. The van der Waals surface area contributed by atoms with Crippen LogP contribution in [0, 0.1) is 0 Å². The van der Waals surface area contributed by atoms with E-state index in [1.165, 1.54) is 4.31 Å². The zero-order valence-corrected chi connectivity index (χ0v) is 10.3. The van der Waals surface area contributed by atoms with Gasteiger partial charge < -0.3 is 5.73 Å². The summed E-state index contributed by atoms with van der Waals surface area (Å²) in [5.41, 5.74) is 5.88. The van der Waals surface area contributed by atoms with Crippen LogP contribution in [0.3, 0.4) is 0 Å². The fourth-order valence-electron chi connectivity index (χ4n) is 1.90. The highest BCUT2D eigenvalue weighted by molar-refractivity contribution is 7.89. The fraction of sp³-hybridized carbons (Fsp3) is 1.00. The molecule has 1 saturated heterocycles. The third-order valence-electron chi connectivity index (χ3n) is 2.86. The van der Waals surface area contributed by atoms with Gasteiger partial charge in [-0.2, -0.15) is 4.31 Å². The molecule has 1 unspecified atom stereocenters. The minimum atomic E-state index is -3.11. The van der Waals surface area contributed by atoms with Gasteiger partial charge in [-0.1, -0.05) is 26.2 Å². The second kappa shape index (κ2) is 5.82. The highest BCUT2D eigenvalue weighted by Gasteiger charge is 2.27. The van der Waals surface area contributed by atoms with Crippen molar-refractivity contribution in [3.63, 3.8) is 0 Å². The van der Waals surface area contributed by atoms with E-state index < -0.39 is 10.0 Å². The molecule has 0 aliphatic carbocycles. The van der Waals surface area contributed by atoms with E-state index in [-0.39, 0.29) is 11.9 Å². The molecule has 15 heavy (non-hydrogen) atoms. The Morgan fingerprint density at radius 2 is 2.07 bits per heavy atom. The first-order chi connectivity index (χ1) is 7.08. The summed E-state index contributed by atoms with van der Waals surface area (Å²) in [6.07, 6.45) is 5.21. The van der Waals surface area contributed by atoms with Crippen LogP contribution in [0.25, 0.3) is 0 Å². The lowest BCUT2D eigenvalue weighted by Crippen LogP contribution is -2.46. The molecule has 0 aromatic carbocycles. The van der Waals surface area contributed by atoms with Crippen molar-refractivity contribution in [2.24, 2.45) is 5.73 Å². The molecular weight excluding hydrogens is 212 g/mol. The SMILES string of the molecule is CCCCS(=O)(=O)N1CCCCCC1N. The van der Waals surface area contributed by atoms with Crippen molar-refractivity contribution < 1.29 is 8.42 Å². The van der Waals surface area contributed by atoms with Gasteiger partial charge in [0.2, 0.25) is 10.0 Å². The maximum atomic E-state index is 12.0. The minimum Gasteiger partial charge on any atom is -0.315 e. The van der Waals surface area contributed by atoms with E-state index in [0.717, 1.165) is 38.5 Å². The van der Waals surface area contributed by atoms with Crippen LogP contribution in [0.4, 0.5) is 0 Å². The molecule has 2 N–H and O–H groups in total. The first-order valence-electron chi connectivity index (χ1n) is 5.83. The molecule has 5 heteroatoms. The lowest BCUT2D eigenvalue weighted by atomic mass is 10.2. The minimum absolute atomic E-state index is 0.247. The van der Waals surface area contributed by atoms with Gasteiger partial charge in [-0.3, -0.25) is 0 Å². The number of unbranched alkanes of at least 4 members (excludes halogenated alkanes) is 1. The van der Waals surface area contributed by atoms with Crippen molar-refractivity contribution in [1.82, 2.24) is 4.31 Å². The highest BCUT2D eigenvalue weighted by atomic mass is 32.2. The van der Waals surface area contributed by atoms with Crippen molar-refractivity contribution in [2.45, 2.75) is 51.6 Å². The average Bonchev–Trinajstić information content (AvgIpc) is 2.40. The summed E-state index contributed by atoms with van der Waals surface area (Å²) in [6, 6.07) is 0. The Balaban J connectivity index is 2.65. The van der Waals surface area contributed by atoms with Gasteiger partial charge in [0.15, 0.2) is 0 Å². The van der Waals surface area contributed by atoms with Gasteiger partial charge in [0.05, 0.1) is 11.9 Å². The summed E-state index contributed by atoms with van der Waals surface area (Å²) in [5.74, 6) is 0.247. The molecule has 0 amide bonds. The number of hydrogen-bond donors (Lipinski definition) is 1. The monoisotopic (exact) mass is 234 g/mol. The number of rotatable bonds is 4. The summed E-state index contributed by atoms with van der Waals surface area (Å²) in [6.45, 7) is 2.60. The highest BCUT2D eigenvalue weighted by Crippen LogP contribution is 2.17. The predicted molar refractivity (Wildman–Crippen MR) is 61.8 cm³/mol. The van der Waals surface area contributed by atoms with Crippen molar-refractivity contribution in [2.75, 3.05) is 12.3 Å². The van der Waals surface area contributed by atoms with Crippen molar-refractivity contribution in [1.29, 1.82) is 0 Å². The zero-order valence-electron chi connectivity index (χ0n) is 9.48. The molecule has 1 rings (SSSR count). The molecule has 1 atom stereocenters. The Labute approximate surface area is 92.9 Å². The number of hydrogen-bond acceptors (Lipinski definition) is 3. The van der Waals surface area contributed by atoms with E-state index in [2.05, 4.69) is 0 Å². The van der Waals surface area contributed by atoms with Crippen LogP contribution in [-0.4, -0.2) is 31.2 Å². The van der Waals surface area contributed by atoms with Crippen molar-refractivity contribution in [3.05, 3.63) is 0 Å². The largest absolute Gasteiger partial charge is 0.315 e. The summed E-state index contributed by atoms with van der Waals surface area (Å²) in [5, 5.41) is 0. The molecule has 0 aromatic rings. The number of nitrogens with zero attached hydrogens (tertiary/aromatic N) is 1. The first kappa shape index (κ1) is 12.9. The first-order valence-corrected chi connectivity index (χ1v) is 7.44. The van der Waals surface area contributed by atoms with Gasteiger partial charge in [0.1, 0.15) is 0 Å². The van der Waals surface area contributed by atoms with Gasteiger partial charge in [-0.25, -0.2) is 8.42 Å². The van der Waals surface area contributed by atoms with Gasteiger partial charge in [0, 0.05) is 6.54 Å². The van der Waals surface area contributed by atoms with Crippen LogP contribution < -0.4 is 5.73 Å². The Bertz CT molecular complexity index is 277. The van der Waals surface area contributed by atoms with E-state index in [1.54, 1.807) is 0 Å². The second-order valence-electron chi connectivity index (χ2n) is 4.20. The van der Waals surface area contributed by atoms with Crippen molar-refractivity contribution >= 4 is 10.0 Å². The molecule has 1 aliphatic heterocycles. The molecule has 1 aliphatic rings. The summed E-state index contributed by atoms with van der Waals surface area (Å²) < 4.78 is 25.4. The summed E-state index contributed by atoms with van der Waals surface area (Å²) >= 11 is 0. The maximum absolute atomic E-state index is 12.0. The Morgan fingerprint density at radius 3 is 2.73 bits per heavy atom. The van der Waals surface area contributed by atoms with E-state index in [4.69, 9.17) is 5.73 Å². The van der Waals surface area contributed by atoms with E-state index >= 15 is 0 Å². The van der Waals surface area contributed by atoms with Crippen LogP contribution in [0.15, 0.2) is 0 Å². The zero-order chi connectivity index (χ0) is 11.3.